The summed E-state index contributed by atoms with van der Waals surface area (Å²) in [5.41, 5.74) is 0.837. The second kappa shape index (κ2) is 5.51. The molecule has 2 aromatic rings. The minimum Gasteiger partial charge on any atom is -0.388 e. The highest BCUT2D eigenvalue weighted by Crippen LogP contribution is 2.37. The van der Waals surface area contributed by atoms with E-state index in [-0.39, 0.29) is 18.2 Å². The van der Waals surface area contributed by atoms with Crippen molar-refractivity contribution in [2.45, 2.75) is 24.4 Å². The van der Waals surface area contributed by atoms with Gasteiger partial charge in [0.05, 0.1) is 19.3 Å². The molecule has 1 aromatic heterocycles. The number of aliphatic hydroxyl groups excluding tert-OH is 1. The van der Waals surface area contributed by atoms with Crippen LogP contribution in [-0.4, -0.2) is 46.2 Å². The number of imidazole rings is 1. The van der Waals surface area contributed by atoms with Crippen LogP contribution in [0.1, 0.15) is 6.04 Å². The molecule has 3 heterocycles. The van der Waals surface area contributed by atoms with Crippen LogP contribution in [-0.2, 0) is 9.47 Å². The molecule has 0 radical (unpaired) electrons. The normalized spacial score (nSPS) is 30.7. The van der Waals surface area contributed by atoms with E-state index in [1.54, 1.807) is 12.3 Å². The molecular weight excluding hydrogens is 327 g/mol. The van der Waals surface area contributed by atoms with Crippen LogP contribution in [0.2, 0.25) is 10.0 Å². The van der Waals surface area contributed by atoms with Crippen LogP contribution in [0, 0.1) is 0 Å². The Hall–Kier alpha value is -1.11. The van der Waals surface area contributed by atoms with E-state index in [0.717, 1.165) is 11.4 Å². The maximum atomic E-state index is 9.86. The Morgan fingerprint density at radius 2 is 1.82 bits per heavy atom. The Balaban J connectivity index is 1.71. The summed E-state index contributed by atoms with van der Waals surface area (Å²) >= 11 is 12.2. The summed E-state index contributed by atoms with van der Waals surface area (Å²) in [6, 6.07) is 5.30. The van der Waals surface area contributed by atoms with E-state index < -0.39 is 6.10 Å². The SMILES string of the molecule is O[C@@H]1CO[C@H]2[C@@H]1OC[C@H]2n1ccnc1-c1cc(Cl)cc(Cl)c1. The maximum absolute atomic E-state index is 9.86. The van der Waals surface area contributed by atoms with Gasteiger partial charge in [-0.3, -0.25) is 0 Å². The second-order valence-corrected chi connectivity index (χ2v) is 6.42. The molecule has 0 amide bonds. The van der Waals surface area contributed by atoms with E-state index in [4.69, 9.17) is 32.7 Å². The van der Waals surface area contributed by atoms with Crippen molar-refractivity contribution in [1.82, 2.24) is 9.55 Å². The summed E-state index contributed by atoms with van der Waals surface area (Å²) in [4.78, 5) is 4.42. The van der Waals surface area contributed by atoms with Crippen molar-refractivity contribution in [2.75, 3.05) is 13.2 Å². The molecule has 0 saturated carbocycles. The number of nitrogens with zero attached hydrogens (tertiary/aromatic N) is 2. The van der Waals surface area contributed by atoms with Crippen LogP contribution in [0.25, 0.3) is 11.4 Å². The van der Waals surface area contributed by atoms with Crippen molar-refractivity contribution in [1.29, 1.82) is 0 Å². The second-order valence-electron chi connectivity index (χ2n) is 5.55. The van der Waals surface area contributed by atoms with Crippen molar-refractivity contribution in [2.24, 2.45) is 0 Å². The highest BCUT2D eigenvalue weighted by Gasteiger charge is 2.48. The average molecular weight is 341 g/mol. The van der Waals surface area contributed by atoms with E-state index >= 15 is 0 Å². The summed E-state index contributed by atoms with van der Waals surface area (Å²) in [7, 11) is 0. The number of aromatic nitrogens is 2. The van der Waals surface area contributed by atoms with Gasteiger partial charge in [0.1, 0.15) is 24.1 Å². The topological polar surface area (TPSA) is 56.5 Å². The number of ether oxygens (including phenoxy) is 2. The summed E-state index contributed by atoms with van der Waals surface area (Å²) in [6.07, 6.45) is 2.60. The molecule has 1 N–H and O–H groups in total. The monoisotopic (exact) mass is 340 g/mol. The number of benzene rings is 1. The molecular formula is C15H14Cl2N2O3. The third-order valence-electron chi connectivity index (χ3n) is 4.15. The van der Waals surface area contributed by atoms with Gasteiger partial charge in [-0.2, -0.15) is 0 Å². The zero-order chi connectivity index (χ0) is 15.3. The lowest BCUT2D eigenvalue weighted by Crippen LogP contribution is -2.30. The smallest absolute Gasteiger partial charge is 0.140 e. The lowest BCUT2D eigenvalue weighted by atomic mass is 10.1. The molecule has 0 aliphatic carbocycles. The molecule has 22 heavy (non-hydrogen) atoms. The molecule has 2 aliphatic rings. The standard InChI is InChI=1S/C15H14Cl2N2O3/c16-9-3-8(4-10(17)5-9)15-18-1-2-19(15)11-6-21-14-12(20)7-22-13(11)14/h1-5,11-14,20H,6-7H2/t11-,12-,13-,14-/m1/s1. The van der Waals surface area contributed by atoms with Gasteiger partial charge >= 0.3 is 0 Å². The molecule has 0 spiro atoms. The Kier molecular flexibility index (Phi) is 3.63. The fourth-order valence-electron chi connectivity index (χ4n) is 3.18. The van der Waals surface area contributed by atoms with E-state index in [2.05, 4.69) is 4.98 Å². The fourth-order valence-corrected chi connectivity index (χ4v) is 3.71. The van der Waals surface area contributed by atoms with Gasteiger partial charge in [0, 0.05) is 28.0 Å². The van der Waals surface area contributed by atoms with E-state index in [9.17, 15) is 5.11 Å². The number of rotatable bonds is 2. The minimum atomic E-state index is -0.567. The summed E-state index contributed by atoms with van der Waals surface area (Å²) in [5.74, 6) is 0.753. The van der Waals surface area contributed by atoms with Gasteiger partial charge in [-0.1, -0.05) is 23.2 Å². The van der Waals surface area contributed by atoms with Crippen LogP contribution in [0.3, 0.4) is 0 Å². The lowest BCUT2D eigenvalue weighted by molar-refractivity contribution is 0.0172. The first-order valence-corrected chi connectivity index (χ1v) is 7.79. The first-order valence-electron chi connectivity index (χ1n) is 7.04. The van der Waals surface area contributed by atoms with Crippen LogP contribution < -0.4 is 0 Å². The molecule has 2 saturated heterocycles. The van der Waals surface area contributed by atoms with Gasteiger partial charge < -0.3 is 19.1 Å². The van der Waals surface area contributed by atoms with Crippen LogP contribution >= 0.6 is 23.2 Å². The Morgan fingerprint density at radius 3 is 2.59 bits per heavy atom. The number of fused-ring (bicyclic) bond motifs is 1. The van der Waals surface area contributed by atoms with Crippen LogP contribution in [0.15, 0.2) is 30.6 Å². The maximum Gasteiger partial charge on any atom is 0.140 e. The van der Waals surface area contributed by atoms with Gasteiger partial charge in [0.15, 0.2) is 0 Å². The first-order chi connectivity index (χ1) is 10.6. The Bertz CT molecular complexity index is 686. The minimum absolute atomic E-state index is 0.0302. The molecule has 0 bridgehead atoms. The van der Waals surface area contributed by atoms with Gasteiger partial charge in [-0.05, 0) is 18.2 Å². The predicted octanol–water partition coefficient (Wildman–Crippen LogP) is 2.56. The van der Waals surface area contributed by atoms with Crippen LogP contribution in [0.4, 0.5) is 0 Å². The third-order valence-corrected chi connectivity index (χ3v) is 4.58. The van der Waals surface area contributed by atoms with Gasteiger partial charge in [-0.15, -0.1) is 0 Å². The van der Waals surface area contributed by atoms with Gasteiger partial charge in [0.25, 0.3) is 0 Å². The Morgan fingerprint density at radius 1 is 1.09 bits per heavy atom. The number of halogens is 2. The summed E-state index contributed by atoms with van der Waals surface area (Å²) in [5, 5.41) is 11.0. The third kappa shape index (κ3) is 2.33. The largest absolute Gasteiger partial charge is 0.388 e. The molecule has 5 nitrogen and oxygen atoms in total. The molecule has 116 valence electrons. The first kappa shape index (κ1) is 14.5. The molecule has 1 aromatic carbocycles. The van der Waals surface area contributed by atoms with Gasteiger partial charge in [0.2, 0.25) is 0 Å². The molecule has 2 fully saturated rings. The van der Waals surface area contributed by atoms with Crippen molar-refractivity contribution in [3.63, 3.8) is 0 Å². The molecule has 4 rings (SSSR count). The summed E-state index contributed by atoms with van der Waals surface area (Å²) < 4.78 is 13.4. The zero-order valence-corrected chi connectivity index (χ0v) is 13.0. The van der Waals surface area contributed by atoms with Crippen molar-refractivity contribution in [3.8, 4) is 11.4 Å². The zero-order valence-electron chi connectivity index (χ0n) is 11.5. The fraction of sp³-hybridized carbons (Fsp3) is 0.400. The summed E-state index contributed by atoms with van der Waals surface area (Å²) in [6.45, 7) is 0.781. The lowest BCUT2D eigenvalue weighted by Gasteiger charge is -2.19. The molecule has 2 aliphatic heterocycles. The number of aliphatic hydroxyl groups is 1. The van der Waals surface area contributed by atoms with Crippen molar-refractivity contribution >= 4 is 23.2 Å². The van der Waals surface area contributed by atoms with Crippen molar-refractivity contribution < 1.29 is 14.6 Å². The number of hydrogen-bond donors (Lipinski definition) is 1. The number of hydrogen-bond acceptors (Lipinski definition) is 4. The van der Waals surface area contributed by atoms with E-state index in [1.807, 2.05) is 22.9 Å². The van der Waals surface area contributed by atoms with Crippen molar-refractivity contribution in [3.05, 3.63) is 40.6 Å². The molecule has 7 heteroatoms. The highest BCUT2D eigenvalue weighted by molar-refractivity contribution is 6.35. The Labute approximate surface area is 137 Å². The average Bonchev–Trinajstić information content (AvgIpc) is 3.15. The van der Waals surface area contributed by atoms with E-state index in [0.29, 0.717) is 23.3 Å². The predicted molar refractivity (Wildman–Crippen MR) is 82.2 cm³/mol. The van der Waals surface area contributed by atoms with Crippen LogP contribution in [0.5, 0.6) is 0 Å². The highest BCUT2D eigenvalue weighted by atomic mass is 35.5. The molecule has 4 atom stereocenters. The quantitative estimate of drug-likeness (QED) is 0.912. The molecule has 0 unspecified atom stereocenters. The van der Waals surface area contributed by atoms with Gasteiger partial charge in [-0.25, -0.2) is 4.98 Å². The van der Waals surface area contributed by atoms with E-state index in [1.165, 1.54) is 0 Å².